The van der Waals surface area contributed by atoms with Gasteiger partial charge in [-0.1, -0.05) is 28.1 Å². The van der Waals surface area contributed by atoms with Gasteiger partial charge in [-0.05, 0) is 31.2 Å². The molecule has 0 fully saturated rings. The lowest BCUT2D eigenvalue weighted by Gasteiger charge is -2.11. The van der Waals surface area contributed by atoms with Gasteiger partial charge in [0, 0.05) is 11.0 Å². The SMILES string of the molecule is CN(CCl)CCc1ccc(Br)cc1. The summed E-state index contributed by atoms with van der Waals surface area (Å²) in [5.41, 5.74) is 1.35. The molecule has 0 spiro atoms. The van der Waals surface area contributed by atoms with Crippen LogP contribution in [0.15, 0.2) is 28.7 Å². The van der Waals surface area contributed by atoms with Crippen molar-refractivity contribution in [2.24, 2.45) is 0 Å². The highest BCUT2D eigenvalue weighted by molar-refractivity contribution is 9.10. The molecule has 1 aromatic carbocycles. The van der Waals surface area contributed by atoms with Crippen LogP contribution in [-0.2, 0) is 6.42 Å². The van der Waals surface area contributed by atoms with E-state index in [4.69, 9.17) is 11.6 Å². The summed E-state index contributed by atoms with van der Waals surface area (Å²) in [5.74, 6) is 0. The lowest BCUT2D eigenvalue weighted by atomic mass is 10.1. The summed E-state index contributed by atoms with van der Waals surface area (Å²) in [4.78, 5) is 2.09. The minimum Gasteiger partial charge on any atom is -0.293 e. The molecule has 0 aliphatic heterocycles. The Morgan fingerprint density at radius 2 is 1.92 bits per heavy atom. The monoisotopic (exact) mass is 261 g/mol. The molecule has 0 saturated carbocycles. The van der Waals surface area contributed by atoms with Gasteiger partial charge in [0.05, 0.1) is 6.00 Å². The van der Waals surface area contributed by atoms with E-state index in [-0.39, 0.29) is 0 Å². The van der Waals surface area contributed by atoms with Crippen LogP contribution in [0, 0.1) is 0 Å². The Bertz CT molecular complexity index is 248. The topological polar surface area (TPSA) is 3.24 Å². The van der Waals surface area contributed by atoms with Crippen LogP contribution in [0.5, 0.6) is 0 Å². The number of nitrogens with zero attached hydrogens (tertiary/aromatic N) is 1. The van der Waals surface area contributed by atoms with Crippen molar-refractivity contribution in [3.63, 3.8) is 0 Å². The van der Waals surface area contributed by atoms with E-state index in [9.17, 15) is 0 Å². The van der Waals surface area contributed by atoms with Crippen molar-refractivity contribution in [1.29, 1.82) is 0 Å². The highest BCUT2D eigenvalue weighted by Crippen LogP contribution is 2.10. The number of halogens is 2. The van der Waals surface area contributed by atoms with Gasteiger partial charge in [-0.25, -0.2) is 0 Å². The van der Waals surface area contributed by atoms with Gasteiger partial charge in [-0.2, -0.15) is 0 Å². The smallest absolute Gasteiger partial charge is 0.0736 e. The summed E-state index contributed by atoms with van der Waals surface area (Å²) >= 11 is 9.07. The molecule has 0 N–H and O–H groups in total. The first-order chi connectivity index (χ1) is 6.22. The van der Waals surface area contributed by atoms with Crippen LogP contribution in [0.3, 0.4) is 0 Å². The van der Waals surface area contributed by atoms with Crippen molar-refractivity contribution in [1.82, 2.24) is 4.90 Å². The lowest BCUT2D eigenvalue weighted by molar-refractivity contribution is 0.394. The van der Waals surface area contributed by atoms with Crippen LogP contribution in [0.1, 0.15) is 5.56 Å². The van der Waals surface area contributed by atoms with Gasteiger partial charge in [0.1, 0.15) is 0 Å². The first kappa shape index (κ1) is 11.0. The molecule has 0 aliphatic carbocycles. The Balaban J connectivity index is 2.41. The third kappa shape index (κ3) is 4.12. The molecule has 1 rings (SSSR count). The van der Waals surface area contributed by atoms with E-state index in [0.29, 0.717) is 6.00 Å². The third-order valence-corrected chi connectivity index (χ3v) is 2.84. The molecule has 0 atom stereocenters. The number of alkyl halides is 1. The van der Waals surface area contributed by atoms with Crippen LogP contribution in [0.25, 0.3) is 0 Å². The van der Waals surface area contributed by atoms with Gasteiger partial charge < -0.3 is 0 Å². The quantitative estimate of drug-likeness (QED) is 0.595. The van der Waals surface area contributed by atoms with Crippen molar-refractivity contribution in [3.05, 3.63) is 34.3 Å². The highest BCUT2D eigenvalue weighted by atomic mass is 79.9. The molecule has 0 radical (unpaired) electrons. The molecule has 0 bridgehead atoms. The zero-order valence-corrected chi connectivity index (χ0v) is 9.98. The second-order valence-electron chi connectivity index (χ2n) is 3.08. The van der Waals surface area contributed by atoms with Gasteiger partial charge in [-0.15, -0.1) is 11.6 Å². The van der Waals surface area contributed by atoms with E-state index in [1.807, 2.05) is 7.05 Å². The van der Waals surface area contributed by atoms with E-state index in [0.717, 1.165) is 17.4 Å². The van der Waals surface area contributed by atoms with E-state index in [1.54, 1.807) is 0 Å². The van der Waals surface area contributed by atoms with Gasteiger partial charge in [0.15, 0.2) is 0 Å². The number of likely N-dealkylation sites (N-methyl/N-ethyl adjacent to an activating group) is 1. The minimum absolute atomic E-state index is 0.594. The predicted molar refractivity (Wildman–Crippen MR) is 61.2 cm³/mol. The fourth-order valence-electron chi connectivity index (χ4n) is 1.03. The molecule has 0 unspecified atom stereocenters. The van der Waals surface area contributed by atoms with Crippen LogP contribution >= 0.6 is 27.5 Å². The maximum Gasteiger partial charge on any atom is 0.0736 e. The molecular weight excluding hydrogens is 249 g/mol. The Kier molecular flexibility index (Phi) is 4.78. The number of hydrogen-bond donors (Lipinski definition) is 0. The molecule has 0 aliphatic rings. The van der Waals surface area contributed by atoms with E-state index < -0.39 is 0 Å². The molecule has 0 saturated heterocycles. The second-order valence-corrected chi connectivity index (χ2v) is 4.23. The van der Waals surface area contributed by atoms with E-state index >= 15 is 0 Å². The average Bonchev–Trinajstić information content (AvgIpc) is 2.16. The standard InChI is InChI=1S/C10H13BrClN/c1-13(8-12)7-6-9-2-4-10(11)5-3-9/h2-5H,6-8H2,1H3. The molecule has 0 aromatic heterocycles. The summed E-state index contributed by atoms with van der Waals surface area (Å²) < 4.78 is 1.13. The van der Waals surface area contributed by atoms with Crippen LogP contribution in [0.4, 0.5) is 0 Å². The number of hydrogen-bond acceptors (Lipinski definition) is 1. The van der Waals surface area contributed by atoms with Gasteiger partial charge in [0.2, 0.25) is 0 Å². The van der Waals surface area contributed by atoms with Crippen LogP contribution in [0.2, 0.25) is 0 Å². The van der Waals surface area contributed by atoms with Crippen molar-refractivity contribution >= 4 is 27.5 Å². The van der Waals surface area contributed by atoms with E-state index in [2.05, 4.69) is 45.1 Å². The Hall–Kier alpha value is -0.0500. The van der Waals surface area contributed by atoms with Gasteiger partial charge >= 0.3 is 0 Å². The zero-order chi connectivity index (χ0) is 9.68. The van der Waals surface area contributed by atoms with Crippen molar-refractivity contribution in [3.8, 4) is 0 Å². The van der Waals surface area contributed by atoms with E-state index in [1.165, 1.54) is 5.56 Å². The third-order valence-electron chi connectivity index (χ3n) is 1.90. The molecule has 3 heteroatoms. The van der Waals surface area contributed by atoms with Crippen LogP contribution < -0.4 is 0 Å². The fourth-order valence-corrected chi connectivity index (χ4v) is 1.41. The van der Waals surface area contributed by atoms with Crippen LogP contribution in [-0.4, -0.2) is 24.5 Å². The Morgan fingerprint density at radius 1 is 1.31 bits per heavy atom. The molecule has 13 heavy (non-hydrogen) atoms. The average molecular weight is 263 g/mol. The molecule has 72 valence electrons. The molecular formula is C10H13BrClN. The maximum atomic E-state index is 5.66. The molecule has 0 heterocycles. The molecule has 1 aromatic rings. The summed E-state index contributed by atoms with van der Waals surface area (Å²) in [6, 6.07) is 8.99. The first-order valence-corrected chi connectivity index (χ1v) is 5.54. The number of benzene rings is 1. The second kappa shape index (κ2) is 5.63. The summed E-state index contributed by atoms with van der Waals surface area (Å²) in [6.45, 7) is 1.01. The molecule has 0 amide bonds. The lowest BCUT2D eigenvalue weighted by Crippen LogP contribution is -2.19. The van der Waals surface area contributed by atoms with Crippen molar-refractivity contribution < 1.29 is 0 Å². The Labute approximate surface area is 92.8 Å². The largest absolute Gasteiger partial charge is 0.293 e. The molecule has 1 nitrogen and oxygen atoms in total. The fraction of sp³-hybridized carbons (Fsp3) is 0.400. The highest BCUT2D eigenvalue weighted by Gasteiger charge is 1.97. The summed E-state index contributed by atoms with van der Waals surface area (Å²) in [7, 11) is 2.02. The normalized spacial score (nSPS) is 10.8. The first-order valence-electron chi connectivity index (χ1n) is 4.21. The predicted octanol–water partition coefficient (Wildman–Crippen LogP) is 3.12. The minimum atomic E-state index is 0.594. The van der Waals surface area contributed by atoms with Gasteiger partial charge in [0.25, 0.3) is 0 Å². The zero-order valence-electron chi connectivity index (χ0n) is 7.63. The Morgan fingerprint density at radius 3 is 2.46 bits per heavy atom. The van der Waals surface area contributed by atoms with Crippen molar-refractivity contribution in [2.45, 2.75) is 6.42 Å². The number of rotatable bonds is 4. The van der Waals surface area contributed by atoms with Gasteiger partial charge in [-0.3, -0.25) is 4.90 Å². The summed E-state index contributed by atoms with van der Waals surface area (Å²) in [5, 5.41) is 0. The summed E-state index contributed by atoms with van der Waals surface area (Å²) in [6.07, 6.45) is 1.05. The van der Waals surface area contributed by atoms with Crippen molar-refractivity contribution in [2.75, 3.05) is 19.6 Å². The maximum absolute atomic E-state index is 5.66.